The number of benzene rings is 1. The van der Waals surface area contributed by atoms with Crippen LogP contribution in [0, 0.1) is 23.1 Å². The van der Waals surface area contributed by atoms with Crippen LogP contribution in [0.15, 0.2) is 24.3 Å². The Balaban J connectivity index is 1.56. The molecule has 3 heterocycles. The van der Waals surface area contributed by atoms with Crippen molar-refractivity contribution >= 4 is 29.2 Å². The maximum absolute atomic E-state index is 15.8. The number of hydrogen-bond acceptors (Lipinski definition) is 6. The van der Waals surface area contributed by atoms with Crippen molar-refractivity contribution in [3.8, 4) is 5.88 Å². The third-order valence-electron chi connectivity index (χ3n) is 9.04. The van der Waals surface area contributed by atoms with Crippen LogP contribution in [0.1, 0.15) is 72.3 Å². The lowest BCUT2D eigenvalue weighted by atomic mass is 9.85. The fourth-order valence-corrected chi connectivity index (χ4v) is 6.19. The monoisotopic (exact) mass is 589 g/mol. The van der Waals surface area contributed by atoms with E-state index in [0.717, 1.165) is 6.07 Å². The van der Waals surface area contributed by atoms with Crippen LogP contribution in [0.2, 0.25) is 0 Å². The summed E-state index contributed by atoms with van der Waals surface area (Å²) in [6, 6.07) is 3.06. The number of nitrogens with one attached hydrogen (secondary N) is 1. The first-order valence-electron chi connectivity index (χ1n) is 14.5. The van der Waals surface area contributed by atoms with Crippen molar-refractivity contribution in [2.45, 2.75) is 96.4 Å². The lowest BCUT2D eigenvalue weighted by molar-refractivity contribution is -0.139. The van der Waals surface area contributed by atoms with Gasteiger partial charge in [-0.2, -0.15) is 0 Å². The second kappa shape index (κ2) is 10.7. The highest BCUT2D eigenvalue weighted by Crippen LogP contribution is 2.50. The molecular formula is C31H38F3N3O5. The van der Waals surface area contributed by atoms with E-state index in [2.05, 4.69) is 10.3 Å². The highest BCUT2D eigenvalue weighted by atomic mass is 19.3. The number of halogens is 3. The summed E-state index contributed by atoms with van der Waals surface area (Å²) in [4.78, 5) is 44.7. The molecule has 2 bridgehead atoms. The van der Waals surface area contributed by atoms with Gasteiger partial charge in [-0.3, -0.25) is 4.79 Å². The summed E-state index contributed by atoms with van der Waals surface area (Å²) >= 11 is 0. The van der Waals surface area contributed by atoms with E-state index in [1.165, 1.54) is 23.1 Å². The fourth-order valence-electron chi connectivity index (χ4n) is 6.19. The summed E-state index contributed by atoms with van der Waals surface area (Å²) in [5, 5.41) is 3.08. The predicted octanol–water partition coefficient (Wildman–Crippen LogP) is 5.75. The van der Waals surface area contributed by atoms with Crippen molar-refractivity contribution in [3.05, 3.63) is 35.6 Å². The van der Waals surface area contributed by atoms with Gasteiger partial charge in [-0.05, 0) is 49.8 Å². The van der Waals surface area contributed by atoms with Crippen LogP contribution in [-0.4, -0.2) is 58.5 Å². The molecule has 228 valence electrons. The third kappa shape index (κ3) is 5.79. The summed E-state index contributed by atoms with van der Waals surface area (Å²) in [7, 11) is 0. The van der Waals surface area contributed by atoms with Gasteiger partial charge >= 0.3 is 6.09 Å². The lowest BCUT2D eigenvalue weighted by Crippen LogP contribution is -2.56. The predicted molar refractivity (Wildman–Crippen MR) is 149 cm³/mol. The molecule has 2 aromatic rings. The minimum absolute atomic E-state index is 0.0234. The van der Waals surface area contributed by atoms with Crippen LogP contribution in [-0.2, 0) is 20.2 Å². The van der Waals surface area contributed by atoms with Gasteiger partial charge in [0.25, 0.3) is 5.92 Å². The molecule has 2 aliphatic heterocycles. The van der Waals surface area contributed by atoms with Gasteiger partial charge in [-0.25, -0.2) is 22.9 Å². The summed E-state index contributed by atoms with van der Waals surface area (Å²) in [6.07, 6.45) is 0.492. The third-order valence-corrected chi connectivity index (χ3v) is 9.04. The number of carbonyl (C=O) groups excluding carboxylic acids is 3. The highest BCUT2D eigenvalue weighted by molar-refractivity contribution is 5.89. The first kappa shape index (κ1) is 30.1. The molecule has 8 nitrogen and oxygen atoms in total. The Bertz CT molecular complexity index is 1400. The van der Waals surface area contributed by atoms with Crippen LogP contribution in [0.4, 0.5) is 18.0 Å². The SMILES string of the molecule is C[C@@H]1[C@@H]2CN(C(=O)[C@H](C(C)(C)C)NC(=O)O[C@]3(C)C[C@H]3CCCCC(F)(F)c3cc4ccc(F)cc4nc3O2)[C@@H]1C=O. The average Bonchev–Trinajstić information content (AvgIpc) is 3.42. The van der Waals surface area contributed by atoms with Crippen molar-refractivity contribution in [2.75, 3.05) is 6.54 Å². The van der Waals surface area contributed by atoms with Crippen molar-refractivity contribution in [3.63, 3.8) is 0 Å². The van der Waals surface area contributed by atoms with Crippen molar-refractivity contribution in [1.82, 2.24) is 15.2 Å². The molecule has 1 aromatic carbocycles. The maximum Gasteiger partial charge on any atom is 0.408 e. The summed E-state index contributed by atoms with van der Waals surface area (Å²) in [6.45, 7) is 8.78. The number of rotatable bonds is 1. The molecule has 0 unspecified atom stereocenters. The Hall–Kier alpha value is -3.37. The molecule has 1 aromatic heterocycles. The van der Waals surface area contributed by atoms with E-state index in [1.54, 1.807) is 34.6 Å². The molecule has 5 rings (SSSR count). The van der Waals surface area contributed by atoms with Crippen LogP contribution < -0.4 is 10.1 Å². The van der Waals surface area contributed by atoms with Crippen molar-refractivity contribution < 1.29 is 37.0 Å². The number of hydrogen-bond donors (Lipinski definition) is 1. The molecule has 42 heavy (non-hydrogen) atoms. The first-order valence-corrected chi connectivity index (χ1v) is 14.5. The molecule has 6 atom stereocenters. The molecule has 2 fully saturated rings. The standard InChI is InChI=1S/C31H38F3N3O5/c1-17-23(16-38)37-15-24(17)41-26-21(12-18-9-10-20(32)13-22(18)35-26)31(33,34)11-7-6-8-19-14-30(19,5)42-28(40)36-25(27(37)39)29(2,3)4/h9-10,12-13,16-17,19,23-25H,6-8,11,14-15H2,1-5H3,(H,36,40)/t17-,19+,23+,24-,25+,30+/m0/s1. The van der Waals surface area contributed by atoms with Gasteiger partial charge in [0.1, 0.15) is 29.9 Å². The van der Waals surface area contributed by atoms with Crippen molar-refractivity contribution in [2.24, 2.45) is 17.3 Å². The van der Waals surface area contributed by atoms with E-state index < -0.39 is 70.8 Å². The highest BCUT2D eigenvalue weighted by Gasteiger charge is 2.54. The van der Waals surface area contributed by atoms with Gasteiger partial charge < -0.3 is 24.5 Å². The largest absolute Gasteiger partial charge is 0.472 e. The Morgan fingerprint density at radius 2 is 1.90 bits per heavy atom. The van der Waals surface area contributed by atoms with Gasteiger partial charge in [0.2, 0.25) is 11.8 Å². The number of aldehydes is 1. The van der Waals surface area contributed by atoms with E-state index in [0.29, 0.717) is 30.9 Å². The van der Waals surface area contributed by atoms with Gasteiger partial charge in [0, 0.05) is 29.7 Å². The Kier molecular flexibility index (Phi) is 7.68. The summed E-state index contributed by atoms with van der Waals surface area (Å²) < 4.78 is 57.5. The number of carbonyl (C=O) groups is 3. The zero-order chi connectivity index (χ0) is 30.6. The molecule has 0 radical (unpaired) electrons. The molecular weight excluding hydrogens is 551 g/mol. The molecule has 0 spiro atoms. The van der Waals surface area contributed by atoms with E-state index in [4.69, 9.17) is 9.47 Å². The van der Waals surface area contributed by atoms with E-state index in [1.807, 2.05) is 0 Å². The molecule has 1 saturated heterocycles. The molecule has 11 heteroatoms. The topological polar surface area (TPSA) is 97.8 Å². The van der Waals surface area contributed by atoms with Gasteiger partial charge in [0.15, 0.2) is 0 Å². The van der Waals surface area contributed by atoms with E-state index >= 15 is 8.78 Å². The molecule has 2 amide bonds. The lowest BCUT2D eigenvalue weighted by Gasteiger charge is -2.35. The normalized spacial score (nSPS) is 32.0. The quantitative estimate of drug-likeness (QED) is 0.426. The minimum Gasteiger partial charge on any atom is -0.472 e. The number of alkyl halides is 2. The molecule has 1 N–H and O–H groups in total. The molecule has 1 aliphatic carbocycles. The minimum atomic E-state index is -3.31. The second-order valence-electron chi connectivity index (χ2n) is 13.3. The number of ether oxygens (including phenoxy) is 2. The van der Waals surface area contributed by atoms with E-state index in [-0.39, 0.29) is 30.3 Å². The van der Waals surface area contributed by atoms with Gasteiger partial charge in [0.05, 0.1) is 23.7 Å². The average molecular weight is 590 g/mol. The molecule has 1 saturated carbocycles. The Morgan fingerprint density at radius 1 is 1.17 bits per heavy atom. The van der Waals surface area contributed by atoms with Crippen LogP contribution in [0.5, 0.6) is 5.88 Å². The second-order valence-corrected chi connectivity index (χ2v) is 13.3. The summed E-state index contributed by atoms with van der Waals surface area (Å²) in [5.74, 6) is -5.29. The van der Waals surface area contributed by atoms with Crippen LogP contribution >= 0.6 is 0 Å². The number of aromatic nitrogens is 1. The van der Waals surface area contributed by atoms with Crippen LogP contribution in [0.3, 0.4) is 0 Å². The van der Waals surface area contributed by atoms with Gasteiger partial charge in [-0.1, -0.05) is 34.1 Å². The fraction of sp³-hybridized carbons (Fsp3) is 0.613. The van der Waals surface area contributed by atoms with Crippen molar-refractivity contribution in [1.29, 1.82) is 0 Å². The zero-order valence-electron chi connectivity index (χ0n) is 24.6. The Labute approximate surface area is 243 Å². The Morgan fingerprint density at radius 3 is 2.60 bits per heavy atom. The maximum atomic E-state index is 15.8. The summed E-state index contributed by atoms with van der Waals surface area (Å²) in [5.41, 5.74) is -1.74. The van der Waals surface area contributed by atoms with Crippen LogP contribution in [0.25, 0.3) is 10.9 Å². The van der Waals surface area contributed by atoms with E-state index in [9.17, 15) is 18.8 Å². The number of fused-ring (bicyclic) bond motifs is 5. The number of nitrogens with zero attached hydrogens (tertiary/aromatic N) is 2. The van der Waals surface area contributed by atoms with Gasteiger partial charge in [-0.15, -0.1) is 0 Å². The molecule has 3 aliphatic rings. The number of pyridine rings is 1. The smallest absolute Gasteiger partial charge is 0.408 e. The zero-order valence-corrected chi connectivity index (χ0v) is 24.6. The number of amides is 2. The first-order chi connectivity index (χ1) is 19.6. The number of alkyl carbamates (subject to hydrolysis) is 1.